The van der Waals surface area contributed by atoms with E-state index < -0.39 is 0 Å². The van der Waals surface area contributed by atoms with Crippen molar-refractivity contribution in [2.24, 2.45) is 7.05 Å². The highest BCUT2D eigenvalue weighted by molar-refractivity contribution is 6.13. The van der Waals surface area contributed by atoms with Crippen LogP contribution in [-0.2, 0) is 7.05 Å². The van der Waals surface area contributed by atoms with Crippen LogP contribution in [0.25, 0.3) is 16.6 Å². The summed E-state index contributed by atoms with van der Waals surface area (Å²) in [5.74, 6) is 1.15. The Balaban J connectivity index is 1.27. The second-order valence-electron chi connectivity index (χ2n) is 9.62. The lowest BCUT2D eigenvalue weighted by atomic mass is 10.0. The first kappa shape index (κ1) is 21.8. The molecule has 5 heterocycles. The van der Waals surface area contributed by atoms with Gasteiger partial charge in [-0.25, -0.2) is 9.97 Å². The van der Waals surface area contributed by atoms with E-state index in [1.54, 1.807) is 18.0 Å². The number of pyridine rings is 2. The predicted molar refractivity (Wildman–Crippen MR) is 134 cm³/mol. The highest BCUT2D eigenvalue weighted by atomic mass is 16.5. The number of nitrogens with one attached hydrogen (secondary N) is 2. The summed E-state index contributed by atoms with van der Waals surface area (Å²) in [7, 11) is 3.45. The summed E-state index contributed by atoms with van der Waals surface area (Å²) in [6, 6.07) is 3.12. The fourth-order valence-electron chi connectivity index (χ4n) is 4.96. The Hall–Kier alpha value is -3.66. The van der Waals surface area contributed by atoms with Crippen molar-refractivity contribution in [2.75, 3.05) is 30.4 Å². The second-order valence-corrected chi connectivity index (χ2v) is 9.62. The van der Waals surface area contributed by atoms with Crippen LogP contribution < -0.4 is 20.3 Å². The average Bonchev–Trinajstić information content (AvgIpc) is 3.45. The van der Waals surface area contributed by atoms with Crippen LogP contribution in [0.2, 0.25) is 0 Å². The molecule has 0 unspecified atom stereocenters. The molecule has 2 N–H and O–H groups in total. The van der Waals surface area contributed by atoms with Crippen LogP contribution >= 0.6 is 0 Å². The number of fused-ring (bicyclic) bond motifs is 2. The maximum atomic E-state index is 13.4. The minimum absolute atomic E-state index is 0.283. The molecule has 4 aromatic heterocycles. The number of piperidine rings is 1. The van der Waals surface area contributed by atoms with Crippen LogP contribution in [0.3, 0.4) is 0 Å². The van der Waals surface area contributed by atoms with Crippen LogP contribution in [-0.4, -0.2) is 62.3 Å². The van der Waals surface area contributed by atoms with Gasteiger partial charge in [0, 0.05) is 63.1 Å². The molecular weight excluding hydrogens is 444 g/mol. The number of hydrogen-bond acceptors (Lipinski definition) is 7. The summed E-state index contributed by atoms with van der Waals surface area (Å²) < 4.78 is 9.12. The molecule has 1 aliphatic heterocycles. The molecule has 1 saturated heterocycles. The topological polar surface area (TPSA) is 102 Å². The number of nitrogens with zero attached hydrogens (tertiary/aromatic N) is 6. The fourth-order valence-corrected chi connectivity index (χ4v) is 4.96. The van der Waals surface area contributed by atoms with Gasteiger partial charge >= 0.3 is 0 Å². The Morgan fingerprint density at radius 2 is 1.89 bits per heavy atom. The lowest BCUT2D eigenvalue weighted by Crippen LogP contribution is -2.43. The highest BCUT2D eigenvalue weighted by Crippen LogP contribution is 2.31. The van der Waals surface area contributed by atoms with Gasteiger partial charge in [-0.2, -0.15) is 5.10 Å². The highest BCUT2D eigenvalue weighted by Gasteiger charge is 2.29. The van der Waals surface area contributed by atoms with Crippen LogP contribution in [0.4, 0.5) is 11.5 Å². The van der Waals surface area contributed by atoms with E-state index in [4.69, 9.17) is 9.72 Å². The number of anilines is 2. The minimum atomic E-state index is -0.283. The van der Waals surface area contributed by atoms with E-state index in [-0.39, 0.29) is 5.91 Å². The molecule has 1 aliphatic carbocycles. The third-order valence-corrected chi connectivity index (χ3v) is 6.87. The van der Waals surface area contributed by atoms with Gasteiger partial charge in [0.05, 0.1) is 23.8 Å². The summed E-state index contributed by atoms with van der Waals surface area (Å²) in [6.45, 7) is 3.80. The SMILES string of the molecule is COc1cc2nc(C)cn2cc1NC(=O)c1cnc(N2CCC(NC3CC3)CC2)c2cn(C)nc12. The molecule has 0 aromatic carbocycles. The van der Waals surface area contributed by atoms with Gasteiger partial charge in [-0.15, -0.1) is 0 Å². The standard InChI is InChI=1S/C25H30N8O2/c1-15-12-33-14-20(21(35-3)10-22(33)27-15)29-25(34)18-11-26-24(19-13-31(2)30-23(18)19)32-8-6-17(7-9-32)28-16-4-5-16/h10-14,16-17,28H,4-9H2,1-3H3,(H,29,34). The predicted octanol–water partition coefficient (Wildman–Crippen LogP) is 2.91. The third kappa shape index (κ3) is 4.18. The van der Waals surface area contributed by atoms with Crippen molar-refractivity contribution in [3.63, 3.8) is 0 Å². The molecule has 0 bridgehead atoms. The van der Waals surface area contributed by atoms with Crippen molar-refractivity contribution in [1.29, 1.82) is 0 Å². The Bertz CT molecular complexity index is 1410. The van der Waals surface area contributed by atoms with Gasteiger partial charge in [-0.05, 0) is 32.6 Å². The summed E-state index contributed by atoms with van der Waals surface area (Å²) in [5, 5.41) is 12.2. The van der Waals surface area contributed by atoms with E-state index in [1.165, 1.54) is 12.8 Å². The normalized spacial score (nSPS) is 16.8. The number of aryl methyl sites for hydroxylation is 2. The molecule has 35 heavy (non-hydrogen) atoms. The second kappa shape index (κ2) is 8.53. The molecule has 0 spiro atoms. The van der Waals surface area contributed by atoms with E-state index in [2.05, 4.69) is 25.6 Å². The zero-order valence-corrected chi connectivity index (χ0v) is 20.3. The smallest absolute Gasteiger partial charge is 0.259 e. The summed E-state index contributed by atoms with van der Waals surface area (Å²) in [5.41, 5.74) is 3.27. The van der Waals surface area contributed by atoms with E-state index in [0.29, 0.717) is 28.6 Å². The molecule has 6 rings (SSSR count). The van der Waals surface area contributed by atoms with Crippen molar-refractivity contribution < 1.29 is 9.53 Å². The maximum Gasteiger partial charge on any atom is 0.259 e. The van der Waals surface area contributed by atoms with E-state index in [9.17, 15) is 4.79 Å². The molecule has 4 aromatic rings. The van der Waals surface area contributed by atoms with Crippen molar-refractivity contribution in [2.45, 2.75) is 44.7 Å². The van der Waals surface area contributed by atoms with Crippen molar-refractivity contribution >= 4 is 34.0 Å². The molecule has 1 amide bonds. The Kier molecular flexibility index (Phi) is 5.32. The molecular formula is C25H30N8O2. The van der Waals surface area contributed by atoms with Gasteiger partial charge in [-0.3, -0.25) is 9.48 Å². The van der Waals surface area contributed by atoms with E-state index in [0.717, 1.165) is 54.5 Å². The van der Waals surface area contributed by atoms with E-state index in [1.807, 2.05) is 43.0 Å². The Morgan fingerprint density at radius 1 is 1.11 bits per heavy atom. The zero-order valence-electron chi connectivity index (χ0n) is 20.3. The third-order valence-electron chi connectivity index (χ3n) is 6.87. The summed E-state index contributed by atoms with van der Waals surface area (Å²) >= 11 is 0. The van der Waals surface area contributed by atoms with Crippen LogP contribution in [0.15, 0.2) is 30.9 Å². The average molecular weight is 475 g/mol. The number of hydrogen-bond donors (Lipinski definition) is 2. The summed E-state index contributed by atoms with van der Waals surface area (Å²) in [4.78, 5) is 24.9. The zero-order chi connectivity index (χ0) is 24.1. The maximum absolute atomic E-state index is 13.4. The first-order chi connectivity index (χ1) is 17.0. The quantitative estimate of drug-likeness (QED) is 0.443. The number of amides is 1. The van der Waals surface area contributed by atoms with Crippen molar-refractivity contribution in [1.82, 2.24) is 29.5 Å². The lowest BCUT2D eigenvalue weighted by molar-refractivity contribution is 0.102. The number of rotatable bonds is 6. The minimum Gasteiger partial charge on any atom is -0.494 e. The molecule has 182 valence electrons. The number of imidazole rings is 1. The molecule has 10 heteroatoms. The van der Waals surface area contributed by atoms with Crippen LogP contribution in [0.5, 0.6) is 5.75 Å². The van der Waals surface area contributed by atoms with E-state index >= 15 is 0 Å². The number of carbonyl (C=O) groups excluding carboxylic acids is 1. The molecule has 0 atom stereocenters. The van der Waals surface area contributed by atoms with Gasteiger partial charge in [0.1, 0.15) is 28.4 Å². The number of ether oxygens (including phenoxy) is 1. The monoisotopic (exact) mass is 474 g/mol. The van der Waals surface area contributed by atoms with Gasteiger partial charge in [0.2, 0.25) is 0 Å². The molecule has 10 nitrogen and oxygen atoms in total. The van der Waals surface area contributed by atoms with Gasteiger partial charge in [0.15, 0.2) is 0 Å². The first-order valence-electron chi connectivity index (χ1n) is 12.2. The molecule has 2 fully saturated rings. The van der Waals surface area contributed by atoms with Gasteiger partial charge < -0.3 is 24.7 Å². The molecule has 0 radical (unpaired) electrons. The van der Waals surface area contributed by atoms with Crippen LogP contribution in [0, 0.1) is 6.92 Å². The lowest BCUT2D eigenvalue weighted by Gasteiger charge is -2.33. The van der Waals surface area contributed by atoms with Gasteiger partial charge in [-0.1, -0.05) is 0 Å². The van der Waals surface area contributed by atoms with Crippen LogP contribution in [0.1, 0.15) is 41.7 Å². The Morgan fingerprint density at radius 3 is 2.63 bits per heavy atom. The largest absolute Gasteiger partial charge is 0.494 e. The fraction of sp³-hybridized carbons (Fsp3) is 0.440. The first-order valence-corrected chi connectivity index (χ1v) is 12.2. The van der Waals surface area contributed by atoms with Crippen molar-refractivity contribution in [3.05, 3.63) is 42.1 Å². The molecule has 1 saturated carbocycles. The van der Waals surface area contributed by atoms with Gasteiger partial charge in [0.25, 0.3) is 5.91 Å². The Labute approximate surface area is 203 Å². The summed E-state index contributed by atoms with van der Waals surface area (Å²) in [6.07, 6.45) is 12.1. The van der Waals surface area contributed by atoms with Crippen molar-refractivity contribution in [3.8, 4) is 5.75 Å². The molecule has 2 aliphatic rings. The number of carbonyl (C=O) groups is 1. The number of aromatic nitrogens is 5. The number of methoxy groups -OCH3 is 1.